The van der Waals surface area contributed by atoms with Crippen LogP contribution in [0.5, 0.6) is 11.5 Å². The minimum atomic E-state index is -0.927. The Morgan fingerprint density at radius 3 is 2.33 bits per heavy atom. The Hall–Kier alpha value is -1.54. The molecule has 1 aliphatic heterocycles. The number of benzene rings is 1. The molecule has 0 saturated carbocycles. The molecule has 1 aromatic carbocycles. The van der Waals surface area contributed by atoms with Crippen molar-refractivity contribution in [2.75, 3.05) is 34.0 Å². The molecular formula is C16H25ClN2O5. The molecule has 2 rings (SSSR count). The van der Waals surface area contributed by atoms with Gasteiger partial charge in [-0.05, 0) is 30.5 Å². The fourth-order valence-electron chi connectivity index (χ4n) is 2.47. The van der Waals surface area contributed by atoms with Crippen molar-refractivity contribution in [3.63, 3.8) is 0 Å². The highest BCUT2D eigenvalue weighted by molar-refractivity contribution is 5.86. The van der Waals surface area contributed by atoms with E-state index in [0.717, 1.165) is 0 Å². The fourth-order valence-corrected chi connectivity index (χ4v) is 2.47. The van der Waals surface area contributed by atoms with Gasteiger partial charge in [-0.1, -0.05) is 0 Å². The van der Waals surface area contributed by atoms with E-state index in [1.54, 1.807) is 18.2 Å². The smallest absolute Gasteiger partial charge is 0.240 e. The lowest BCUT2D eigenvalue weighted by molar-refractivity contribution is -0.130. The molecule has 1 aliphatic rings. The number of hydrogen-bond donors (Lipinski definition) is 3. The summed E-state index contributed by atoms with van der Waals surface area (Å²) in [5, 5.41) is 13.0. The minimum Gasteiger partial charge on any atom is -0.497 e. The zero-order valence-electron chi connectivity index (χ0n) is 13.9. The first-order chi connectivity index (χ1) is 11.0. The first-order valence-electron chi connectivity index (χ1n) is 7.54. The highest BCUT2D eigenvalue weighted by Gasteiger charge is 2.35. The van der Waals surface area contributed by atoms with E-state index in [9.17, 15) is 9.90 Å². The number of aliphatic hydroxyl groups is 1. The highest BCUT2D eigenvalue weighted by atomic mass is 35.5. The van der Waals surface area contributed by atoms with E-state index in [-0.39, 0.29) is 24.9 Å². The van der Waals surface area contributed by atoms with Crippen LogP contribution in [0.1, 0.15) is 24.5 Å². The normalized spacial score (nSPS) is 17.3. The van der Waals surface area contributed by atoms with Crippen molar-refractivity contribution in [2.45, 2.75) is 24.5 Å². The lowest BCUT2D eigenvalue weighted by Gasteiger charge is -2.32. The average molecular weight is 361 g/mol. The second-order valence-corrected chi connectivity index (χ2v) is 5.64. The van der Waals surface area contributed by atoms with Gasteiger partial charge in [0.15, 0.2) is 0 Å². The zero-order valence-corrected chi connectivity index (χ0v) is 14.7. The van der Waals surface area contributed by atoms with Gasteiger partial charge in [0.2, 0.25) is 5.91 Å². The number of methoxy groups -OCH3 is 2. The van der Waals surface area contributed by atoms with Gasteiger partial charge in [-0.25, -0.2) is 0 Å². The van der Waals surface area contributed by atoms with Gasteiger partial charge in [0.1, 0.15) is 11.5 Å². The molecule has 24 heavy (non-hydrogen) atoms. The lowest BCUT2D eigenvalue weighted by atomic mass is 9.90. The summed E-state index contributed by atoms with van der Waals surface area (Å²) in [6.07, 6.45) is 0.0653. The Morgan fingerprint density at radius 2 is 1.83 bits per heavy atom. The van der Waals surface area contributed by atoms with Crippen LogP contribution in [0.4, 0.5) is 0 Å². The van der Waals surface area contributed by atoms with Crippen molar-refractivity contribution >= 4 is 18.3 Å². The molecular weight excluding hydrogens is 336 g/mol. The fraction of sp³-hybridized carbons (Fsp3) is 0.562. The van der Waals surface area contributed by atoms with Gasteiger partial charge >= 0.3 is 0 Å². The van der Waals surface area contributed by atoms with Crippen molar-refractivity contribution in [2.24, 2.45) is 5.73 Å². The molecule has 0 aromatic heterocycles. The first kappa shape index (κ1) is 20.5. The highest BCUT2D eigenvalue weighted by Crippen LogP contribution is 2.26. The number of rotatable bonds is 6. The second-order valence-electron chi connectivity index (χ2n) is 5.64. The van der Waals surface area contributed by atoms with Crippen LogP contribution in [0.25, 0.3) is 0 Å². The molecule has 0 radical (unpaired) electrons. The molecule has 4 N–H and O–H groups in total. The first-order valence-corrected chi connectivity index (χ1v) is 7.54. The molecule has 1 atom stereocenters. The molecule has 136 valence electrons. The van der Waals surface area contributed by atoms with E-state index in [1.165, 1.54) is 14.2 Å². The van der Waals surface area contributed by atoms with E-state index in [2.05, 4.69) is 5.32 Å². The number of carbonyl (C=O) groups is 1. The van der Waals surface area contributed by atoms with E-state index < -0.39 is 11.6 Å². The molecule has 1 amide bonds. The van der Waals surface area contributed by atoms with Crippen molar-refractivity contribution in [1.29, 1.82) is 0 Å². The van der Waals surface area contributed by atoms with Gasteiger partial charge in [-0.3, -0.25) is 4.79 Å². The SMILES string of the molecule is COc1cc(OC)cc(C(O)CNC(=O)C2(N)CCOCC2)c1.Cl. The molecule has 7 nitrogen and oxygen atoms in total. The summed E-state index contributed by atoms with van der Waals surface area (Å²) in [4.78, 5) is 12.2. The molecule has 0 spiro atoms. The molecule has 1 unspecified atom stereocenters. The van der Waals surface area contributed by atoms with Gasteiger partial charge in [-0.2, -0.15) is 0 Å². The van der Waals surface area contributed by atoms with E-state index in [0.29, 0.717) is 43.1 Å². The number of amides is 1. The maximum absolute atomic E-state index is 12.2. The topological polar surface area (TPSA) is 103 Å². The summed E-state index contributed by atoms with van der Waals surface area (Å²) in [5.74, 6) is 0.878. The summed E-state index contributed by atoms with van der Waals surface area (Å²) in [5.41, 5.74) is 5.78. The van der Waals surface area contributed by atoms with Crippen molar-refractivity contribution in [1.82, 2.24) is 5.32 Å². The lowest BCUT2D eigenvalue weighted by Crippen LogP contribution is -2.57. The van der Waals surface area contributed by atoms with Crippen LogP contribution in [0.2, 0.25) is 0 Å². The van der Waals surface area contributed by atoms with Crippen LogP contribution in [-0.4, -0.2) is 50.5 Å². The Labute approximate surface area is 147 Å². The zero-order chi connectivity index (χ0) is 16.9. The number of aliphatic hydroxyl groups excluding tert-OH is 1. The Balaban J connectivity index is 0.00000288. The van der Waals surface area contributed by atoms with Crippen LogP contribution < -0.4 is 20.5 Å². The number of nitrogens with two attached hydrogens (primary N) is 1. The van der Waals surface area contributed by atoms with Gasteiger partial charge in [0.05, 0.1) is 25.9 Å². The van der Waals surface area contributed by atoms with Crippen molar-refractivity contribution in [3.8, 4) is 11.5 Å². The maximum Gasteiger partial charge on any atom is 0.240 e. The third-order valence-corrected chi connectivity index (χ3v) is 4.05. The van der Waals surface area contributed by atoms with Crippen LogP contribution in [0.3, 0.4) is 0 Å². The Kier molecular flexibility index (Phi) is 7.75. The van der Waals surface area contributed by atoms with E-state index in [1.807, 2.05) is 0 Å². The molecule has 0 aliphatic carbocycles. The van der Waals surface area contributed by atoms with Gasteiger partial charge < -0.3 is 30.4 Å². The largest absolute Gasteiger partial charge is 0.497 e. The number of nitrogens with one attached hydrogen (secondary N) is 1. The molecule has 1 saturated heterocycles. The monoisotopic (exact) mass is 360 g/mol. The third kappa shape index (κ3) is 4.98. The summed E-state index contributed by atoms with van der Waals surface area (Å²) in [6, 6.07) is 5.11. The van der Waals surface area contributed by atoms with Crippen LogP contribution in [0.15, 0.2) is 18.2 Å². The number of halogens is 1. The van der Waals surface area contributed by atoms with Gasteiger partial charge in [-0.15, -0.1) is 12.4 Å². The second kappa shape index (κ2) is 9.08. The van der Waals surface area contributed by atoms with Crippen LogP contribution >= 0.6 is 12.4 Å². The Morgan fingerprint density at radius 1 is 1.29 bits per heavy atom. The molecule has 1 aromatic rings. The molecule has 1 fully saturated rings. The average Bonchev–Trinajstić information content (AvgIpc) is 2.59. The number of ether oxygens (including phenoxy) is 3. The summed E-state index contributed by atoms with van der Waals surface area (Å²) in [7, 11) is 3.08. The predicted molar refractivity (Wildman–Crippen MR) is 91.7 cm³/mol. The molecule has 0 bridgehead atoms. The van der Waals surface area contributed by atoms with Crippen LogP contribution in [-0.2, 0) is 9.53 Å². The standard InChI is InChI=1S/C16H24N2O5.ClH/c1-21-12-7-11(8-13(9-12)22-2)14(19)10-18-15(20)16(17)3-5-23-6-4-16;/h7-9,14,19H,3-6,10,17H2,1-2H3,(H,18,20);1H. The van der Waals surface area contributed by atoms with Crippen LogP contribution in [0, 0.1) is 0 Å². The predicted octanol–water partition coefficient (Wildman–Crippen LogP) is 0.783. The number of hydrogen-bond acceptors (Lipinski definition) is 6. The quantitative estimate of drug-likeness (QED) is 0.693. The van der Waals surface area contributed by atoms with Crippen molar-refractivity contribution < 1.29 is 24.1 Å². The third-order valence-electron chi connectivity index (χ3n) is 4.05. The number of carbonyl (C=O) groups excluding carboxylic acids is 1. The molecule has 8 heteroatoms. The summed E-state index contributed by atoms with van der Waals surface area (Å²) < 4.78 is 15.6. The summed E-state index contributed by atoms with van der Waals surface area (Å²) >= 11 is 0. The van der Waals surface area contributed by atoms with E-state index >= 15 is 0 Å². The van der Waals surface area contributed by atoms with Crippen molar-refractivity contribution in [3.05, 3.63) is 23.8 Å². The maximum atomic E-state index is 12.2. The van der Waals surface area contributed by atoms with E-state index in [4.69, 9.17) is 19.9 Å². The Bertz CT molecular complexity index is 527. The summed E-state index contributed by atoms with van der Waals surface area (Å²) in [6.45, 7) is 1.01. The van der Waals surface area contributed by atoms with Gasteiger partial charge in [0, 0.05) is 25.8 Å². The molecule has 1 heterocycles. The minimum absolute atomic E-state index is 0. The van der Waals surface area contributed by atoms with Gasteiger partial charge in [0.25, 0.3) is 0 Å².